The van der Waals surface area contributed by atoms with Gasteiger partial charge in [-0.2, -0.15) is 5.10 Å². The molecule has 0 N–H and O–H groups in total. The van der Waals surface area contributed by atoms with E-state index in [1.54, 1.807) is 14.2 Å². The normalized spacial score (nSPS) is 16.6. The summed E-state index contributed by atoms with van der Waals surface area (Å²) in [4.78, 5) is 12.2. The predicted molar refractivity (Wildman–Crippen MR) is 97.1 cm³/mol. The maximum atomic E-state index is 12.2. The summed E-state index contributed by atoms with van der Waals surface area (Å²) in [6.45, 7) is 3.58. The van der Waals surface area contributed by atoms with Crippen molar-refractivity contribution in [3.05, 3.63) is 59.2 Å². The lowest BCUT2D eigenvalue weighted by molar-refractivity contribution is -0.130. The summed E-state index contributed by atoms with van der Waals surface area (Å²) in [6.07, 6.45) is 0.631. The second kappa shape index (κ2) is 6.97. The van der Waals surface area contributed by atoms with E-state index in [9.17, 15) is 4.79 Å². The number of benzene rings is 2. The van der Waals surface area contributed by atoms with Gasteiger partial charge in [-0.3, -0.25) is 4.79 Å². The third kappa shape index (κ3) is 3.22. The average Bonchev–Trinajstić information content (AvgIpc) is 3.07. The van der Waals surface area contributed by atoms with Crippen molar-refractivity contribution < 1.29 is 14.3 Å². The minimum Gasteiger partial charge on any atom is -0.493 e. The van der Waals surface area contributed by atoms with Crippen LogP contribution in [-0.4, -0.2) is 30.8 Å². The largest absolute Gasteiger partial charge is 0.493 e. The van der Waals surface area contributed by atoms with Gasteiger partial charge in [0.25, 0.3) is 0 Å². The Hall–Kier alpha value is -2.82. The maximum Gasteiger partial charge on any atom is 0.240 e. The zero-order chi connectivity index (χ0) is 18.0. The number of carbonyl (C=O) groups is 1. The molecule has 0 spiro atoms. The molecule has 2 aromatic carbocycles. The summed E-state index contributed by atoms with van der Waals surface area (Å²) < 4.78 is 10.9. The van der Waals surface area contributed by atoms with Gasteiger partial charge in [0.1, 0.15) is 0 Å². The number of ether oxygens (including phenoxy) is 2. The van der Waals surface area contributed by atoms with Crippen molar-refractivity contribution >= 4 is 11.6 Å². The van der Waals surface area contributed by atoms with Crippen LogP contribution in [0.5, 0.6) is 11.5 Å². The Morgan fingerprint density at radius 2 is 1.84 bits per heavy atom. The molecule has 5 heteroatoms. The van der Waals surface area contributed by atoms with Crippen LogP contribution in [0, 0.1) is 6.92 Å². The van der Waals surface area contributed by atoms with Crippen molar-refractivity contribution in [3.63, 3.8) is 0 Å². The Balaban J connectivity index is 2.01. The SMILES string of the molecule is COc1cccc([C@H]2CC(c3ccc(C)cc3)=NN2C(C)=O)c1OC. The van der Waals surface area contributed by atoms with Crippen LogP contribution in [0.4, 0.5) is 0 Å². The molecular formula is C20H22N2O3. The summed E-state index contributed by atoms with van der Waals surface area (Å²) in [5.41, 5.74) is 4.01. The van der Waals surface area contributed by atoms with E-state index in [2.05, 4.69) is 17.2 Å². The number of methoxy groups -OCH3 is 2. The van der Waals surface area contributed by atoms with Crippen molar-refractivity contribution in [1.29, 1.82) is 0 Å². The van der Waals surface area contributed by atoms with Gasteiger partial charge >= 0.3 is 0 Å². The number of hydrogen-bond acceptors (Lipinski definition) is 4. The third-order valence-corrected chi connectivity index (χ3v) is 4.41. The molecule has 0 radical (unpaired) electrons. The van der Waals surface area contributed by atoms with Gasteiger partial charge in [0.2, 0.25) is 5.91 Å². The minimum absolute atomic E-state index is 0.100. The highest BCUT2D eigenvalue weighted by atomic mass is 16.5. The van der Waals surface area contributed by atoms with Crippen LogP contribution >= 0.6 is 0 Å². The first kappa shape index (κ1) is 17.0. The fourth-order valence-corrected chi connectivity index (χ4v) is 3.14. The number of amides is 1. The van der Waals surface area contributed by atoms with Gasteiger partial charge in [-0.25, -0.2) is 5.01 Å². The number of nitrogens with zero attached hydrogens (tertiary/aromatic N) is 2. The highest BCUT2D eigenvalue weighted by Crippen LogP contribution is 2.41. The third-order valence-electron chi connectivity index (χ3n) is 4.41. The zero-order valence-corrected chi connectivity index (χ0v) is 14.9. The van der Waals surface area contributed by atoms with Crippen molar-refractivity contribution in [2.75, 3.05) is 14.2 Å². The van der Waals surface area contributed by atoms with Crippen LogP contribution < -0.4 is 9.47 Å². The van der Waals surface area contributed by atoms with Crippen LogP contribution in [0.25, 0.3) is 0 Å². The number of para-hydroxylation sites is 1. The monoisotopic (exact) mass is 338 g/mol. The molecule has 1 amide bonds. The Bertz CT molecular complexity index is 812. The van der Waals surface area contributed by atoms with Crippen LogP contribution in [0.15, 0.2) is 47.6 Å². The number of carbonyl (C=O) groups excluding carboxylic acids is 1. The summed E-state index contributed by atoms with van der Waals surface area (Å²) in [5, 5.41) is 6.11. The van der Waals surface area contributed by atoms with E-state index in [1.807, 2.05) is 37.3 Å². The molecule has 0 aliphatic carbocycles. The Morgan fingerprint density at radius 3 is 2.44 bits per heavy atom. The van der Waals surface area contributed by atoms with Crippen molar-refractivity contribution in [2.45, 2.75) is 26.3 Å². The molecule has 1 atom stereocenters. The maximum absolute atomic E-state index is 12.2. The van der Waals surface area contributed by atoms with Gasteiger partial charge in [0.15, 0.2) is 11.5 Å². The predicted octanol–water partition coefficient (Wildman–Crippen LogP) is 3.71. The molecule has 1 aliphatic rings. The fourth-order valence-electron chi connectivity index (χ4n) is 3.14. The molecule has 0 unspecified atom stereocenters. The van der Waals surface area contributed by atoms with E-state index in [0.29, 0.717) is 17.9 Å². The summed E-state index contributed by atoms with van der Waals surface area (Å²) in [7, 11) is 3.21. The zero-order valence-electron chi connectivity index (χ0n) is 14.9. The van der Waals surface area contributed by atoms with E-state index in [1.165, 1.54) is 17.5 Å². The van der Waals surface area contributed by atoms with E-state index in [0.717, 1.165) is 16.8 Å². The van der Waals surface area contributed by atoms with Crippen LogP contribution in [-0.2, 0) is 4.79 Å². The lowest BCUT2D eigenvalue weighted by Crippen LogP contribution is -2.24. The quantitative estimate of drug-likeness (QED) is 0.854. The molecule has 0 bridgehead atoms. The Morgan fingerprint density at radius 1 is 1.12 bits per heavy atom. The topological polar surface area (TPSA) is 51.1 Å². The number of aryl methyl sites for hydroxylation is 1. The second-order valence-electron chi connectivity index (χ2n) is 6.08. The standard InChI is InChI=1S/C20H22N2O3/c1-13-8-10-15(11-9-13)17-12-18(22(21-17)14(2)23)16-6-5-7-19(24-3)20(16)25-4/h5-11,18H,12H2,1-4H3/t18-/m1/s1. The number of hydrazone groups is 1. The van der Waals surface area contributed by atoms with E-state index in [4.69, 9.17) is 9.47 Å². The first-order valence-corrected chi connectivity index (χ1v) is 8.20. The summed E-state index contributed by atoms with van der Waals surface area (Å²) in [6, 6.07) is 13.7. The average molecular weight is 338 g/mol. The van der Waals surface area contributed by atoms with Gasteiger partial charge < -0.3 is 9.47 Å². The van der Waals surface area contributed by atoms with Crippen molar-refractivity contribution in [2.24, 2.45) is 5.10 Å². The van der Waals surface area contributed by atoms with E-state index >= 15 is 0 Å². The Labute approximate surface area is 147 Å². The molecule has 130 valence electrons. The molecule has 1 heterocycles. The van der Waals surface area contributed by atoms with Crippen molar-refractivity contribution in [3.8, 4) is 11.5 Å². The molecule has 0 saturated carbocycles. The minimum atomic E-state index is -0.209. The lowest BCUT2D eigenvalue weighted by Gasteiger charge is -2.23. The first-order chi connectivity index (χ1) is 12.0. The molecule has 0 fully saturated rings. The van der Waals surface area contributed by atoms with Gasteiger partial charge in [0, 0.05) is 18.9 Å². The number of hydrogen-bond donors (Lipinski definition) is 0. The van der Waals surface area contributed by atoms with Crippen molar-refractivity contribution in [1.82, 2.24) is 5.01 Å². The highest BCUT2D eigenvalue weighted by molar-refractivity contribution is 6.03. The summed E-state index contributed by atoms with van der Waals surface area (Å²) in [5.74, 6) is 1.19. The fraction of sp³-hybridized carbons (Fsp3) is 0.300. The molecule has 2 aromatic rings. The van der Waals surface area contributed by atoms with Gasteiger partial charge in [0.05, 0.1) is 26.0 Å². The molecule has 3 rings (SSSR count). The molecule has 0 saturated heterocycles. The van der Waals surface area contributed by atoms with Crippen LogP contribution in [0.1, 0.15) is 36.1 Å². The van der Waals surface area contributed by atoms with E-state index < -0.39 is 0 Å². The molecule has 1 aliphatic heterocycles. The number of rotatable bonds is 4. The molecular weight excluding hydrogens is 316 g/mol. The van der Waals surface area contributed by atoms with Gasteiger partial charge in [-0.15, -0.1) is 0 Å². The second-order valence-corrected chi connectivity index (χ2v) is 6.08. The van der Waals surface area contributed by atoms with Crippen LogP contribution in [0.2, 0.25) is 0 Å². The highest BCUT2D eigenvalue weighted by Gasteiger charge is 2.34. The first-order valence-electron chi connectivity index (χ1n) is 8.20. The molecule has 25 heavy (non-hydrogen) atoms. The smallest absolute Gasteiger partial charge is 0.240 e. The van der Waals surface area contributed by atoms with Crippen LogP contribution in [0.3, 0.4) is 0 Å². The molecule has 5 nitrogen and oxygen atoms in total. The Kier molecular flexibility index (Phi) is 4.74. The lowest BCUT2D eigenvalue weighted by atomic mass is 9.97. The van der Waals surface area contributed by atoms with E-state index in [-0.39, 0.29) is 11.9 Å². The summed E-state index contributed by atoms with van der Waals surface area (Å²) >= 11 is 0. The van der Waals surface area contributed by atoms with Gasteiger partial charge in [-0.1, -0.05) is 42.0 Å². The van der Waals surface area contributed by atoms with Gasteiger partial charge in [-0.05, 0) is 18.6 Å². The molecule has 0 aromatic heterocycles.